The summed E-state index contributed by atoms with van der Waals surface area (Å²) < 4.78 is 5.73. The van der Waals surface area contributed by atoms with Gasteiger partial charge >= 0.3 is 0 Å². The molecule has 2 nitrogen and oxygen atoms in total. The molecule has 2 atom stereocenters. The predicted octanol–water partition coefficient (Wildman–Crippen LogP) is 1.55. The number of hydrogen-bond acceptors (Lipinski definition) is 2. The Morgan fingerprint density at radius 2 is 2.27 bits per heavy atom. The quantitative estimate of drug-likeness (QED) is 0.671. The Kier molecular flexibility index (Phi) is 3.87. The van der Waals surface area contributed by atoms with Crippen molar-refractivity contribution in [1.29, 1.82) is 0 Å². The van der Waals surface area contributed by atoms with Crippen LogP contribution in [0.15, 0.2) is 0 Å². The first-order chi connectivity index (χ1) is 5.33. The topological polar surface area (TPSA) is 21.3 Å². The molecule has 0 aromatic carbocycles. The SMILES string of the molecule is CCCC[C@@H]1CNC[C@H](C)O1. The Labute approximate surface area is 69.3 Å². The normalized spacial score (nSPS) is 32.2. The van der Waals surface area contributed by atoms with Crippen molar-refractivity contribution in [2.45, 2.75) is 45.3 Å². The van der Waals surface area contributed by atoms with E-state index in [1.165, 1.54) is 19.3 Å². The van der Waals surface area contributed by atoms with E-state index < -0.39 is 0 Å². The van der Waals surface area contributed by atoms with E-state index in [-0.39, 0.29) is 0 Å². The van der Waals surface area contributed by atoms with Gasteiger partial charge < -0.3 is 10.1 Å². The van der Waals surface area contributed by atoms with Gasteiger partial charge in [-0.25, -0.2) is 0 Å². The molecular weight excluding hydrogens is 138 g/mol. The van der Waals surface area contributed by atoms with Crippen LogP contribution in [0.2, 0.25) is 0 Å². The van der Waals surface area contributed by atoms with Crippen LogP contribution in [-0.2, 0) is 4.74 Å². The summed E-state index contributed by atoms with van der Waals surface area (Å²) in [6.07, 6.45) is 4.66. The third kappa shape index (κ3) is 3.21. The molecule has 0 spiro atoms. The van der Waals surface area contributed by atoms with Crippen molar-refractivity contribution in [2.75, 3.05) is 13.1 Å². The van der Waals surface area contributed by atoms with Crippen molar-refractivity contribution in [3.8, 4) is 0 Å². The van der Waals surface area contributed by atoms with Crippen LogP contribution < -0.4 is 5.32 Å². The molecule has 1 N–H and O–H groups in total. The maximum absolute atomic E-state index is 5.73. The number of morpholine rings is 1. The lowest BCUT2D eigenvalue weighted by molar-refractivity contribution is -0.0315. The van der Waals surface area contributed by atoms with E-state index in [9.17, 15) is 0 Å². The van der Waals surface area contributed by atoms with Crippen LogP contribution in [0.4, 0.5) is 0 Å². The van der Waals surface area contributed by atoms with Gasteiger partial charge in [-0.05, 0) is 13.3 Å². The van der Waals surface area contributed by atoms with Gasteiger partial charge in [-0.1, -0.05) is 19.8 Å². The summed E-state index contributed by atoms with van der Waals surface area (Å²) in [6.45, 7) is 6.41. The summed E-state index contributed by atoms with van der Waals surface area (Å²) >= 11 is 0. The van der Waals surface area contributed by atoms with Gasteiger partial charge in [0.25, 0.3) is 0 Å². The van der Waals surface area contributed by atoms with E-state index >= 15 is 0 Å². The van der Waals surface area contributed by atoms with Crippen molar-refractivity contribution < 1.29 is 4.74 Å². The van der Waals surface area contributed by atoms with Crippen LogP contribution in [0.3, 0.4) is 0 Å². The van der Waals surface area contributed by atoms with Crippen LogP contribution in [0, 0.1) is 0 Å². The average Bonchev–Trinajstić information content (AvgIpc) is 2.01. The standard InChI is InChI=1S/C9H19NO/c1-3-4-5-9-7-10-6-8(2)11-9/h8-10H,3-7H2,1-2H3/t8-,9+/m0/s1. The summed E-state index contributed by atoms with van der Waals surface area (Å²) in [7, 11) is 0. The number of nitrogens with one attached hydrogen (secondary N) is 1. The molecule has 0 amide bonds. The minimum Gasteiger partial charge on any atom is -0.373 e. The van der Waals surface area contributed by atoms with Gasteiger partial charge in [0.15, 0.2) is 0 Å². The van der Waals surface area contributed by atoms with E-state index in [1.807, 2.05) is 0 Å². The smallest absolute Gasteiger partial charge is 0.0703 e. The highest BCUT2D eigenvalue weighted by Gasteiger charge is 2.17. The third-order valence-electron chi connectivity index (χ3n) is 2.11. The maximum Gasteiger partial charge on any atom is 0.0703 e. The Balaban J connectivity index is 2.12. The summed E-state index contributed by atoms with van der Waals surface area (Å²) in [5.41, 5.74) is 0. The highest BCUT2D eigenvalue weighted by atomic mass is 16.5. The first-order valence-corrected chi connectivity index (χ1v) is 4.69. The van der Waals surface area contributed by atoms with E-state index in [0.29, 0.717) is 12.2 Å². The number of rotatable bonds is 3. The van der Waals surface area contributed by atoms with Gasteiger partial charge in [-0.3, -0.25) is 0 Å². The number of hydrogen-bond donors (Lipinski definition) is 1. The Bertz CT molecular complexity index is 106. The van der Waals surface area contributed by atoms with Crippen LogP contribution >= 0.6 is 0 Å². The van der Waals surface area contributed by atoms with Crippen molar-refractivity contribution >= 4 is 0 Å². The highest BCUT2D eigenvalue weighted by Crippen LogP contribution is 2.09. The van der Waals surface area contributed by atoms with Gasteiger partial charge in [0.05, 0.1) is 12.2 Å². The van der Waals surface area contributed by atoms with Crippen molar-refractivity contribution in [2.24, 2.45) is 0 Å². The second-order valence-corrected chi connectivity index (χ2v) is 3.37. The maximum atomic E-state index is 5.73. The van der Waals surface area contributed by atoms with E-state index in [2.05, 4.69) is 19.2 Å². The molecule has 1 fully saturated rings. The molecule has 0 radical (unpaired) electrons. The second-order valence-electron chi connectivity index (χ2n) is 3.37. The van der Waals surface area contributed by atoms with Gasteiger partial charge in [0.1, 0.15) is 0 Å². The molecule has 0 unspecified atom stereocenters. The summed E-state index contributed by atoms with van der Waals surface area (Å²) in [6, 6.07) is 0. The Morgan fingerprint density at radius 1 is 1.45 bits per heavy atom. The fourth-order valence-corrected chi connectivity index (χ4v) is 1.47. The first kappa shape index (κ1) is 9.01. The Morgan fingerprint density at radius 3 is 2.91 bits per heavy atom. The molecule has 0 aromatic heterocycles. The molecular formula is C9H19NO. The minimum atomic E-state index is 0.408. The van der Waals surface area contributed by atoms with Crippen LogP contribution in [-0.4, -0.2) is 25.3 Å². The van der Waals surface area contributed by atoms with Gasteiger partial charge in [0, 0.05) is 13.1 Å². The highest BCUT2D eigenvalue weighted by molar-refractivity contribution is 4.71. The zero-order chi connectivity index (χ0) is 8.10. The summed E-state index contributed by atoms with van der Waals surface area (Å²) in [5.74, 6) is 0. The first-order valence-electron chi connectivity index (χ1n) is 4.69. The van der Waals surface area contributed by atoms with Gasteiger partial charge in [-0.15, -0.1) is 0 Å². The molecule has 1 aliphatic heterocycles. The molecule has 0 saturated carbocycles. The molecule has 2 heteroatoms. The van der Waals surface area contributed by atoms with Crippen molar-refractivity contribution in [1.82, 2.24) is 5.32 Å². The fraction of sp³-hybridized carbons (Fsp3) is 1.00. The van der Waals surface area contributed by atoms with E-state index in [4.69, 9.17) is 4.74 Å². The van der Waals surface area contributed by atoms with Gasteiger partial charge in [0.2, 0.25) is 0 Å². The van der Waals surface area contributed by atoms with Crippen LogP contribution in [0.1, 0.15) is 33.1 Å². The predicted molar refractivity (Wildman–Crippen MR) is 46.7 cm³/mol. The molecule has 0 bridgehead atoms. The summed E-state index contributed by atoms with van der Waals surface area (Å²) in [4.78, 5) is 0. The molecule has 66 valence electrons. The molecule has 1 aliphatic rings. The minimum absolute atomic E-state index is 0.408. The van der Waals surface area contributed by atoms with Crippen molar-refractivity contribution in [3.05, 3.63) is 0 Å². The second kappa shape index (κ2) is 4.73. The molecule has 1 saturated heterocycles. The molecule has 1 heterocycles. The molecule has 0 aromatic rings. The Hall–Kier alpha value is -0.0800. The number of unbranched alkanes of at least 4 members (excludes halogenated alkanes) is 1. The number of ether oxygens (including phenoxy) is 1. The van der Waals surface area contributed by atoms with Crippen LogP contribution in [0.25, 0.3) is 0 Å². The largest absolute Gasteiger partial charge is 0.373 e. The molecule has 1 rings (SSSR count). The summed E-state index contributed by atoms with van der Waals surface area (Å²) in [5, 5.41) is 3.37. The lowest BCUT2D eigenvalue weighted by Gasteiger charge is -2.28. The zero-order valence-corrected chi connectivity index (χ0v) is 7.60. The lowest BCUT2D eigenvalue weighted by Crippen LogP contribution is -2.43. The lowest BCUT2D eigenvalue weighted by atomic mass is 10.1. The molecule has 0 aliphatic carbocycles. The molecule has 11 heavy (non-hydrogen) atoms. The third-order valence-corrected chi connectivity index (χ3v) is 2.11. The zero-order valence-electron chi connectivity index (χ0n) is 7.60. The van der Waals surface area contributed by atoms with E-state index in [0.717, 1.165) is 13.1 Å². The monoisotopic (exact) mass is 157 g/mol. The fourth-order valence-electron chi connectivity index (χ4n) is 1.47. The van der Waals surface area contributed by atoms with Gasteiger partial charge in [-0.2, -0.15) is 0 Å². The van der Waals surface area contributed by atoms with Crippen molar-refractivity contribution in [3.63, 3.8) is 0 Å². The average molecular weight is 157 g/mol. The van der Waals surface area contributed by atoms with Crippen LogP contribution in [0.5, 0.6) is 0 Å². The van der Waals surface area contributed by atoms with E-state index in [1.54, 1.807) is 0 Å².